The van der Waals surface area contributed by atoms with Crippen LogP contribution in [-0.2, 0) is 0 Å². The van der Waals surface area contributed by atoms with Gasteiger partial charge in [0.2, 0.25) is 0 Å². The highest BCUT2D eigenvalue weighted by molar-refractivity contribution is 7.27. The van der Waals surface area contributed by atoms with Crippen LogP contribution in [-0.4, -0.2) is 0 Å². The molecule has 0 saturated carbocycles. The summed E-state index contributed by atoms with van der Waals surface area (Å²) >= 11 is 0. The molecule has 0 saturated heterocycles. The van der Waals surface area contributed by atoms with Crippen molar-refractivity contribution in [3.8, 4) is 0 Å². The Morgan fingerprint density at radius 1 is 1.00 bits per heavy atom. The molecule has 0 spiro atoms. The second-order valence-corrected chi connectivity index (χ2v) is 4.13. The average molecular weight is 220 g/mol. The lowest BCUT2D eigenvalue weighted by Gasteiger charge is -2.14. The molecule has 0 amide bonds. The molecule has 0 aliphatic carbocycles. The van der Waals surface area contributed by atoms with Crippen molar-refractivity contribution < 1.29 is 13.2 Å². The summed E-state index contributed by atoms with van der Waals surface area (Å²) in [4.78, 5) is 0. The molecule has 0 aliphatic heterocycles. The van der Waals surface area contributed by atoms with Gasteiger partial charge in [0.05, 0.1) is 0 Å². The fraction of sp³-hybridized carbons (Fsp3) is 0.400. The Morgan fingerprint density at radius 2 is 1.50 bits per heavy atom. The Bertz CT molecular complexity index is 343. The van der Waals surface area contributed by atoms with Gasteiger partial charge in [-0.3, -0.25) is 0 Å². The molecule has 1 atom stereocenters. The van der Waals surface area contributed by atoms with Crippen molar-refractivity contribution in [2.75, 3.05) is 0 Å². The first kappa shape index (κ1) is 11.5. The number of hydrogen-bond donors (Lipinski definition) is 0. The standard InChI is InChI=1S/C10H12F3P/c1-4(2)6-9(13)7(11)5(3)8(12)10(6)14/h4H,14H2,1-3H3. The van der Waals surface area contributed by atoms with Crippen molar-refractivity contribution in [1.29, 1.82) is 0 Å². The van der Waals surface area contributed by atoms with Crippen molar-refractivity contribution in [3.63, 3.8) is 0 Å². The third kappa shape index (κ3) is 1.66. The maximum absolute atomic E-state index is 13.4. The Morgan fingerprint density at radius 3 is 1.93 bits per heavy atom. The van der Waals surface area contributed by atoms with Crippen LogP contribution in [0.2, 0.25) is 0 Å². The van der Waals surface area contributed by atoms with E-state index in [1.807, 2.05) is 0 Å². The molecule has 1 unspecified atom stereocenters. The van der Waals surface area contributed by atoms with E-state index in [0.29, 0.717) is 0 Å². The van der Waals surface area contributed by atoms with Crippen molar-refractivity contribution in [2.45, 2.75) is 26.7 Å². The first-order valence-corrected chi connectivity index (χ1v) is 4.88. The van der Waals surface area contributed by atoms with Crippen LogP contribution in [0, 0.1) is 24.4 Å². The first-order valence-electron chi connectivity index (χ1n) is 4.30. The second-order valence-electron chi connectivity index (χ2n) is 3.55. The van der Waals surface area contributed by atoms with E-state index in [-0.39, 0.29) is 22.3 Å². The SMILES string of the molecule is Cc1c(F)c(F)c(C(C)C)c(P)c1F. The van der Waals surface area contributed by atoms with Gasteiger partial charge in [-0.25, -0.2) is 13.2 Å². The summed E-state index contributed by atoms with van der Waals surface area (Å²) in [7, 11) is 2.12. The summed E-state index contributed by atoms with van der Waals surface area (Å²) in [5.74, 6) is -2.95. The molecule has 0 fully saturated rings. The first-order chi connectivity index (χ1) is 6.37. The predicted octanol–water partition coefficient (Wildman–Crippen LogP) is 3.04. The van der Waals surface area contributed by atoms with Gasteiger partial charge in [-0.05, 0) is 12.8 Å². The van der Waals surface area contributed by atoms with Crippen LogP contribution in [0.15, 0.2) is 0 Å². The topological polar surface area (TPSA) is 0 Å². The van der Waals surface area contributed by atoms with Crippen LogP contribution in [0.4, 0.5) is 13.2 Å². The molecule has 0 bridgehead atoms. The highest BCUT2D eigenvalue weighted by Gasteiger charge is 2.21. The van der Waals surface area contributed by atoms with E-state index in [1.54, 1.807) is 13.8 Å². The molecule has 1 aromatic carbocycles. The molecular formula is C10H12F3P. The summed E-state index contributed by atoms with van der Waals surface area (Å²) in [6, 6.07) is 0. The summed E-state index contributed by atoms with van der Waals surface area (Å²) in [5.41, 5.74) is -0.174. The molecule has 0 radical (unpaired) electrons. The monoisotopic (exact) mass is 220 g/mol. The predicted molar refractivity (Wildman–Crippen MR) is 54.5 cm³/mol. The average Bonchev–Trinajstić information content (AvgIpc) is 2.11. The van der Waals surface area contributed by atoms with Gasteiger partial charge in [-0.15, -0.1) is 9.24 Å². The highest BCUT2D eigenvalue weighted by Crippen LogP contribution is 2.24. The minimum Gasteiger partial charge on any atom is -0.206 e. The van der Waals surface area contributed by atoms with Gasteiger partial charge in [-0.1, -0.05) is 13.8 Å². The third-order valence-electron chi connectivity index (χ3n) is 2.19. The largest absolute Gasteiger partial charge is 0.206 e. The maximum Gasteiger partial charge on any atom is 0.164 e. The zero-order valence-electron chi connectivity index (χ0n) is 8.29. The minimum atomic E-state index is -1.09. The van der Waals surface area contributed by atoms with Crippen molar-refractivity contribution >= 4 is 14.5 Å². The molecular weight excluding hydrogens is 208 g/mol. The summed E-state index contributed by atoms with van der Waals surface area (Å²) in [6.45, 7) is 4.62. The normalized spacial score (nSPS) is 11.1. The van der Waals surface area contributed by atoms with Gasteiger partial charge >= 0.3 is 0 Å². The lowest BCUT2D eigenvalue weighted by Crippen LogP contribution is -2.16. The van der Waals surface area contributed by atoms with E-state index < -0.39 is 17.5 Å². The highest BCUT2D eigenvalue weighted by atomic mass is 31.0. The molecule has 4 heteroatoms. The lowest BCUT2D eigenvalue weighted by atomic mass is 10.00. The Balaban J connectivity index is 3.60. The van der Waals surface area contributed by atoms with E-state index >= 15 is 0 Å². The summed E-state index contributed by atoms with van der Waals surface area (Å²) in [6.07, 6.45) is 0. The van der Waals surface area contributed by atoms with Gasteiger partial charge in [-0.2, -0.15) is 0 Å². The van der Waals surface area contributed by atoms with Crippen LogP contribution >= 0.6 is 9.24 Å². The number of halogens is 3. The lowest BCUT2D eigenvalue weighted by molar-refractivity contribution is 0.476. The van der Waals surface area contributed by atoms with E-state index in [4.69, 9.17) is 0 Å². The summed E-state index contributed by atoms with van der Waals surface area (Å²) < 4.78 is 39.9. The van der Waals surface area contributed by atoms with Gasteiger partial charge in [0.15, 0.2) is 11.6 Å². The molecule has 1 rings (SSSR count). The summed E-state index contributed by atoms with van der Waals surface area (Å²) in [5, 5.41) is 0.122. The smallest absolute Gasteiger partial charge is 0.164 e. The van der Waals surface area contributed by atoms with E-state index in [1.165, 1.54) is 6.92 Å². The van der Waals surface area contributed by atoms with Crippen LogP contribution in [0.25, 0.3) is 0 Å². The molecule has 0 aliphatic rings. The molecule has 1 aromatic rings. The molecule has 14 heavy (non-hydrogen) atoms. The van der Waals surface area contributed by atoms with E-state index in [0.717, 1.165) is 0 Å². The van der Waals surface area contributed by atoms with Gasteiger partial charge < -0.3 is 0 Å². The van der Waals surface area contributed by atoms with Crippen LogP contribution in [0.1, 0.15) is 30.9 Å². The zero-order valence-corrected chi connectivity index (χ0v) is 9.44. The van der Waals surface area contributed by atoms with Gasteiger partial charge in [0, 0.05) is 16.4 Å². The number of rotatable bonds is 1. The van der Waals surface area contributed by atoms with Gasteiger partial charge in [0.1, 0.15) is 5.82 Å². The Hall–Kier alpha value is -0.560. The molecule has 78 valence electrons. The number of hydrogen-bond acceptors (Lipinski definition) is 0. The number of benzene rings is 1. The van der Waals surface area contributed by atoms with Crippen molar-refractivity contribution in [3.05, 3.63) is 28.6 Å². The molecule has 0 aromatic heterocycles. The minimum absolute atomic E-state index is 0.0931. The van der Waals surface area contributed by atoms with Crippen molar-refractivity contribution in [1.82, 2.24) is 0 Å². The second kappa shape index (κ2) is 3.90. The Labute approximate surface area is 83.7 Å². The molecule has 0 N–H and O–H groups in total. The quantitative estimate of drug-likeness (QED) is 0.504. The van der Waals surface area contributed by atoms with Crippen molar-refractivity contribution in [2.24, 2.45) is 0 Å². The molecule has 0 nitrogen and oxygen atoms in total. The van der Waals surface area contributed by atoms with Crippen LogP contribution in [0.3, 0.4) is 0 Å². The van der Waals surface area contributed by atoms with Crippen LogP contribution in [0.5, 0.6) is 0 Å². The maximum atomic E-state index is 13.4. The fourth-order valence-electron chi connectivity index (χ4n) is 1.38. The Kier molecular flexibility index (Phi) is 3.20. The van der Waals surface area contributed by atoms with Crippen LogP contribution < -0.4 is 5.30 Å². The zero-order chi connectivity index (χ0) is 11.0. The van der Waals surface area contributed by atoms with Gasteiger partial charge in [0.25, 0.3) is 0 Å². The van der Waals surface area contributed by atoms with E-state index in [2.05, 4.69) is 9.24 Å². The molecule has 0 heterocycles. The fourth-order valence-corrected chi connectivity index (χ4v) is 2.06. The third-order valence-corrected chi connectivity index (χ3v) is 2.76. The van der Waals surface area contributed by atoms with E-state index in [9.17, 15) is 13.2 Å².